The Morgan fingerprint density at radius 2 is 1.86 bits per heavy atom. The van der Waals surface area contributed by atoms with Gasteiger partial charge >= 0.3 is 0 Å². The summed E-state index contributed by atoms with van der Waals surface area (Å²) in [4.78, 5) is 0. The Balaban J connectivity index is 0.00000106. The second kappa shape index (κ2) is 15.7. The number of allylic oxidation sites excluding steroid dienone is 4. The van der Waals surface area contributed by atoms with Gasteiger partial charge in [0, 0.05) is 11.5 Å². The van der Waals surface area contributed by atoms with Gasteiger partial charge in [-0.2, -0.15) is 11.8 Å². The molecule has 2 unspecified atom stereocenters. The maximum absolute atomic E-state index is 10.6. The Morgan fingerprint density at radius 1 is 1.14 bits per heavy atom. The van der Waals surface area contributed by atoms with Gasteiger partial charge in [-0.25, -0.2) is 0 Å². The van der Waals surface area contributed by atoms with Crippen molar-refractivity contribution in [1.82, 2.24) is 0 Å². The Morgan fingerprint density at radius 3 is 2.47 bits per heavy atom. The molecule has 208 valence electrons. The van der Waals surface area contributed by atoms with Gasteiger partial charge in [-0.15, -0.1) is 0 Å². The first-order valence-electron chi connectivity index (χ1n) is 14.5. The monoisotopic (exact) mass is 522 g/mol. The van der Waals surface area contributed by atoms with Crippen LogP contribution in [0.2, 0.25) is 0 Å². The van der Waals surface area contributed by atoms with Crippen LogP contribution < -0.4 is 0 Å². The van der Waals surface area contributed by atoms with E-state index in [2.05, 4.69) is 52.8 Å². The SMILES string of the molecule is CCC(O)(CC)CSCC1=CCC2/C(=C/C=C3/CC[C@H](OCCO)[C@H](O)C3)CCCC12C.CCCC. The topological polar surface area (TPSA) is 69.9 Å². The first-order chi connectivity index (χ1) is 17.3. The first kappa shape index (κ1) is 31.6. The van der Waals surface area contributed by atoms with E-state index in [1.165, 1.54) is 37.7 Å². The lowest BCUT2D eigenvalue weighted by atomic mass is 9.64. The van der Waals surface area contributed by atoms with Crippen LogP contribution in [-0.4, -0.2) is 57.8 Å². The molecule has 4 atom stereocenters. The van der Waals surface area contributed by atoms with Crippen LogP contribution in [0.3, 0.4) is 0 Å². The summed E-state index contributed by atoms with van der Waals surface area (Å²) in [5, 5.41) is 30.0. The molecule has 0 heterocycles. The molecule has 3 aliphatic carbocycles. The Bertz CT molecular complexity index is 737. The molecule has 0 aromatic heterocycles. The van der Waals surface area contributed by atoms with E-state index in [9.17, 15) is 10.2 Å². The second-order valence-electron chi connectivity index (χ2n) is 11.2. The number of aliphatic hydroxyl groups excluding tert-OH is 2. The molecule has 0 spiro atoms. The van der Waals surface area contributed by atoms with E-state index in [4.69, 9.17) is 9.84 Å². The lowest BCUT2D eigenvalue weighted by Crippen LogP contribution is -2.34. The molecule has 5 heteroatoms. The largest absolute Gasteiger partial charge is 0.394 e. The van der Waals surface area contributed by atoms with Crippen molar-refractivity contribution in [2.45, 2.75) is 123 Å². The molecule has 3 aliphatic rings. The van der Waals surface area contributed by atoms with Gasteiger partial charge in [0.25, 0.3) is 0 Å². The van der Waals surface area contributed by atoms with Crippen LogP contribution in [0, 0.1) is 11.3 Å². The molecule has 0 aliphatic heterocycles. The third-order valence-corrected chi connectivity index (χ3v) is 10.0. The minimum absolute atomic E-state index is 0.00474. The van der Waals surface area contributed by atoms with Gasteiger partial charge < -0.3 is 20.1 Å². The van der Waals surface area contributed by atoms with E-state index in [0.717, 1.165) is 43.6 Å². The van der Waals surface area contributed by atoms with Crippen molar-refractivity contribution in [1.29, 1.82) is 0 Å². The van der Waals surface area contributed by atoms with E-state index < -0.39 is 11.7 Å². The predicted octanol–water partition coefficient (Wildman–Crippen LogP) is 6.99. The van der Waals surface area contributed by atoms with Crippen LogP contribution in [0.25, 0.3) is 0 Å². The number of hydrogen-bond donors (Lipinski definition) is 3. The zero-order valence-electron chi connectivity index (χ0n) is 23.7. The van der Waals surface area contributed by atoms with Gasteiger partial charge in [0.2, 0.25) is 0 Å². The highest BCUT2D eigenvalue weighted by atomic mass is 32.2. The summed E-state index contributed by atoms with van der Waals surface area (Å²) in [6.45, 7) is 11.3. The first-order valence-corrected chi connectivity index (χ1v) is 15.7. The molecule has 0 aromatic carbocycles. The zero-order valence-corrected chi connectivity index (χ0v) is 24.5. The molecular weight excluding hydrogens is 468 g/mol. The number of thioether (sulfide) groups is 1. The Hall–Kier alpha value is -0.590. The average Bonchev–Trinajstić information content (AvgIpc) is 3.23. The number of aliphatic hydroxyl groups is 3. The number of rotatable bonds is 11. The van der Waals surface area contributed by atoms with Crippen molar-refractivity contribution in [3.63, 3.8) is 0 Å². The van der Waals surface area contributed by atoms with Crippen LogP contribution in [-0.2, 0) is 4.74 Å². The summed E-state index contributed by atoms with van der Waals surface area (Å²) in [5.41, 5.74) is 4.18. The van der Waals surface area contributed by atoms with Crippen molar-refractivity contribution >= 4 is 11.8 Å². The van der Waals surface area contributed by atoms with Gasteiger partial charge in [-0.05, 0) is 69.1 Å². The molecule has 2 fully saturated rings. The molecule has 3 N–H and O–H groups in total. The van der Waals surface area contributed by atoms with Gasteiger partial charge in [0.1, 0.15) is 0 Å². The quantitative estimate of drug-likeness (QED) is 0.255. The second-order valence-corrected chi connectivity index (χ2v) is 12.2. The molecule has 0 radical (unpaired) electrons. The fourth-order valence-electron chi connectivity index (χ4n) is 5.73. The fourth-order valence-corrected chi connectivity index (χ4v) is 7.29. The van der Waals surface area contributed by atoms with E-state index in [1.807, 2.05) is 11.8 Å². The van der Waals surface area contributed by atoms with E-state index in [-0.39, 0.29) is 18.1 Å². The van der Waals surface area contributed by atoms with Crippen molar-refractivity contribution in [2.24, 2.45) is 11.3 Å². The molecule has 3 rings (SSSR count). The highest BCUT2D eigenvalue weighted by Gasteiger charge is 2.44. The zero-order chi connectivity index (χ0) is 26.6. The van der Waals surface area contributed by atoms with Crippen molar-refractivity contribution in [3.05, 3.63) is 34.9 Å². The summed E-state index contributed by atoms with van der Waals surface area (Å²) in [7, 11) is 0. The minimum Gasteiger partial charge on any atom is -0.394 e. The Labute approximate surface area is 225 Å². The van der Waals surface area contributed by atoms with Crippen molar-refractivity contribution < 1.29 is 20.1 Å². The third-order valence-electron chi connectivity index (χ3n) is 8.76. The summed E-state index contributed by atoms with van der Waals surface area (Å²) in [6, 6.07) is 0. The highest BCUT2D eigenvalue weighted by molar-refractivity contribution is 7.99. The summed E-state index contributed by atoms with van der Waals surface area (Å²) < 4.78 is 5.57. The predicted molar refractivity (Wildman–Crippen MR) is 154 cm³/mol. The maximum atomic E-state index is 10.6. The number of fused-ring (bicyclic) bond motifs is 1. The van der Waals surface area contributed by atoms with E-state index in [0.29, 0.717) is 18.9 Å². The molecule has 0 bridgehead atoms. The molecule has 36 heavy (non-hydrogen) atoms. The maximum Gasteiger partial charge on any atom is 0.0841 e. The highest BCUT2D eigenvalue weighted by Crippen LogP contribution is 2.55. The summed E-state index contributed by atoms with van der Waals surface area (Å²) in [6.07, 6.45) is 18.0. The normalized spacial score (nSPS) is 30.7. The smallest absolute Gasteiger partial charge is 0.0841 e. The van der Waals surface area contributed by atoms with Crippen LogP contribution in [0.1, 0.15) is 105 Å². The molecular formula is C31H54O4S. The number of hydrogen-bond acceptors (Lipinski definition) is 5. The van der Waals surface area contributed by atoms with Gasteiger partial charge in [-0.3, -0.25) is 0 Å². The van der Waals surface area contributed by atoms with Gasteiger partial charge in [-0.1, -0.05) is 82.4 Å². The van der Waals surface area contributed by atoms with E-state index in [1.54, 1.807) is 11.1 Å². The van der Waals surface area contributed by atoms with Crippen LogP contribution >= 0.6 is 11.8 Å². The third kappa shape index (κ3) is 8.73. The number of unbranched alkanes of at least 4 members (excludes halogenated alkanes) is 1. The van der Waals surface area contributed by atoms with Gasteiger partial charge in [0.15, 0.2) is 0 Å². The molecule has 2 saturated carbocycles. The fraction of sp³-hybridized carbons (Fsp3) is 0.806. The summed E-state index contributed by atoms with van der Waals surface area (Å²) in [5.74, 6) is 2.44. The summed E-state index contributed by atoms with van der Waals surface area (Å²) >= 11 is 1.90. The molecule has 0 aromatic rings. The molecule has 0 saturated heterocycles. The van der Waals surface area contributed by atoms with Crippen LogP contribution in [0.5, 0.6) is 0 Å². The van der Waals surface area contributed by atoms with Crippen molar-refractivity contribution in [3.8, 4) is 0 Å². The molecule has 0 amide bonds. The lowest BCUT2D eigenvalue weighted by molar-refractivity contribution is -0.0582. The average molecular weight is 523 g/mol. The lowest BCUT2D eigenvalue weighted by Gasteiger charge is -2.41. The molecule has 4 nitrogen and oxygen atoms in total. The van der Waals surface area contributed by atoms with Crippen LogP contribution in [0.15, 0.2) is 34.9 Å². The standard InChI is InChI=1S/C27H44O4S.C4H10/c1-4-27(30,5-2)19-32-18-22-11-12-23-21(7-6-14-26(22,23)3)10-8-20-9-13-25(24(29)17-20)31-16-15-28;1-3-4-2/h8,10-11,23-25,28-30H,4-7,9,12-19H2,1-3H3;3-4H2,1-2H3/b20-8-,21-10+;/t23?,24-,25+,26?;/m1./s1. The Kier molecular flexibility index (Phi) is 13.8. The van der Waals surface area contributed by atoms with Crippen LogP contribution in [0.4, 0.5) is 0 Å². The van der Waals surface area contributed by atoms with Gasteiger partial charge in [0.05, 0.1) is 31.0 Å². The van der Waals surface area contributed by atoms with Crippen molar-refractivity contribution in [2.75, 3.05) is 24.7 Å². The van der Waals surface area contributed by atoms with E-state index >= 15 is 0 Å². The minimum atomic E-state index is -0.527. The number of ether oxygens (including phenoxy) is 1.